The van der Waals surface area contributed by atoms with Gasteiger partial charge in [0.25, 0.3) is 0 Å². The van der Waals surface area contributed by atoms with E-state index in [1.807, 2.05) is 17.6 Å². The van der Waals surface area contributed by atoms with Gasteiger partial charge in [0.15, 0.2) is 10.9 Å². The Morgan fingerprint density at radius 1 is 1.35 bits per heavy atom. The van der Waals surface area contributed by atoms with Crippen LogP contribution in [-0.4, -0.2) is 46.1 Å². The number of rotatable bonds is 4. The van der Waals surface area contributed by atoms with Gasteiger partial charge in [-0.1, -0.05) is 11.6 Å². The molecule has 3 heterocycles. The van der Waals surface area contributed by atoms with E-state index in [2.05, 4.69) is 20.1 Å². The molecule has 120 valence electrons. The number of aromatic nitrogens is 4. The van der Waals surface area contributed by atoms with Crippen LogP contribution in [0, 0.1) is 11.3 Å². The van der Waals surface area contributed by atoms with Crippen molar-refractivity contribution in [1.29, 1.82) is 5.26 Å². The van der Waals surface area contributed by atoms with Crippen LogP contribution in [0.4, 0.5) is 5.95 Å². The molecule has 23 heavy (non-hydrogen) atoms. The fourth-order valence-corrected chi connectivity index (χ4v) is 3.29. The second kappa shape index (κ2) is 7.17. The van der Waals surface area contributed by atoms with Gasteiger partial charge in [-0.15, -0.1) is 10.2 Å². The molecule has 0 unspecified atom stereocenters. The summed E-state index contributed by atoms with van der Waals surface area (Å²) in [7, 11) is 0. The molecular formula is C14H15ClN6OS. The third-order valence-electron chi connectivity index (χ3n) is 3.43. The van der Waals surface area contributed by atoms with Gasteiger partial charge in [-0.05, 0) is 30.8 Å². The number of nitrogens with zero attached hydrogens (tertiary/aromatic N) is 6. The molecule has 0 spiro atoms. The van der Waals surface area contributed by atoms with Gasteiger partial charge >= 0.3 is 0 Å². The van der Waals surface area contributed by atoms with Crippen LogP contribution in [0.2, 0.25) is 5.02 Å². The predicted molar refractivity (Wildman–Crippen MR) is 86.8 cm³/mol. The average molecular weight is 351 g/mol. The molecule has 2 aromatic rings. The number of ether oxygens (including phenoxy) is 1. The number of hydrogen-bond donors (Lipinski definition) is 0. The first-order chi connectivity index (χ1) is 11.2. The van der Waals surface area contributed by atoms with Crippen molar-refractivity contribution in [3.63, 3.8) is 0 Å². The summed E-state index contributed by atoms with van der Waals surface area (Å²) in [6.07, 6.45) is 0. The van der Waals surface area contributed by atoms with Crippen LogP contribution in [0.5, 0.6) is 0 Å². The summed E-state index contributed by atoms with van der Waals surface area (Å²) in [6, 6.07) is 5.43. The molecule has 0 atom stereocenters. The Morgan fingerprint density at radius 3 is 2.83 bits per heavy atom. The van der Waals surface area contributed by atoms with E-state index in [-0.39, 0.29) is 5.69 Å². The molecule has 0 aliphatic carbocycles. The molecule has 0 radical (unpaired) electrons. The van der Waals surface area contributed by atoms with Crippen molar-refractivity contribution in [3.8, 4) is 6.07 Å². The lowest BCUT2D eigenvalue weighted by molar-refractivity contribution is 0.121. The second-order valence-corrected chi connectivity index (χ2v) is 6.21. The number of pyridine rings is 1. The fourth-order valence-electron chi connectivity index (χ4n) is 2.28. The minimum Gasteiger partial charge on any atom is -0.378 e. The Bertz CT molecular complexity index is 737. The van der Waals surface area contributed by atoms with E-state index in [4.69, 9.17) is 21.6 Å². The third kappa shape index (κ3) is 3.42. The minimum atomic E-state index is 0.215. The molecule has 9 heteroatoms. The number of anilines is 1. The Kier molecular flexibility index (Phi) is 5.00. The smallest absolute Gasteiger partial charge is 0.228 e. The van der Waals surface area contributed by atoms with E-state index in [1.165, 1.54) is 11.8 Å². The second-order valence-electron chi connectivity index (χ2n) is 4.82. The molecule has 1 aliphatic heterocycles. The Balaban J connectivity index is 1.86. The molecule has 0 N–H and O–H groups in total. The van der Waals surface area contributed by atoms with Gasteiger partial charge in [-0.2, -0.15) is 5.26 Å². The van der Waals surface area contributed by atoms with Crippen molar-refractivity contribution >= 4 is 29.3 Å². The summed E-state index contributed by atoms with van der Waals surface area (Å²) in [6.45, 7) is 5.81. The van der Waals surface area contributed by atoms with Gasteiger partial charge in [0.1, 0.15) is 11.1 Å². The van der Waals surface area contributed by atoms with Crippen LogP contribution < -0.4 is 4.90 Å². The van der Waals surface area contributed by atoms with Gasteiger partial charge in [-0.3, -0.25) is 4.57 Å². The number of morpholine rings is 1. The molecule has 7 nitrogen and oxygen atoms in total. The molecule has 0 aromatic carbocycles. The van der Waals surface area contributed by atoms with Crippen molar-refractivity contribution in [3.05, 3.63) is 22.8 Å². The summed E-state index contributed by atoms with van der Waals surface area (Å²) in [5.41, 5.74) is 0.215. The summed E-state index contributed by atoms with van der Waals surface area (Å²) in [4.78, 5) is 6.41. The maximum absolute atomic E-state index is 9.03. The van der Waals surface area contributed by atoms with Gasteiger partial charge in [0.2, 0.25) is 5.95 Å². The van der Waals surface area contributed by atoms with Crippen molar-refractivity contribution in [2.45, 2.75) is 23.7 Å². The first kappa shape index (κ1) is 16.1. The number of halogens is 1. The first-order valence-corrected chi connectivity index (χ1v) is 8.42. The third-order valence-corrected chi connectivity index (χ3v) is 4.66. The Labute approximate surface area is 143 Å². The zero-order valence-electron chi connectivity index (χ0n) is 12.6. The standard InChI is InChI=1S/C14H15ClN6OS/c1-2-21-13(20-5-7-22-8-6-20)18-19-14(21)23-12-4-3-10(15)11(9-16)17-12/h3-4H,2,5-8H2,1H3. The Morgan fingerprint density at radius 2 is 2.13 bits per heavy atom. The maximum atomic E-state index is 9.03. The van der Waals surface area contributed by atoms with Crippen LogP contribution in [0.15, 0.2) is 22.3 Å². The molecule has 1 fully saturated rings. The quantitative estimate of drug-likeness (QED) is 0.836. The average Bonchev–Trinajstić information content (AvgIpc) is 3.00. The summed E-state index contributed by atoms with van der Waals surface area (Å²) in [5.74, 6) is 0.841. The monoisotopic (exact) mass is 350 g/mol. The van der Waals surface area contributed by atoms with E-state index < -0.39 is 0 Å². The number of nitriles is 1. The van der Waals surface area contributed by atoms with E-state index in [0.29, 0.717) is 23.3 Å². The van der Waals surface area contributed by atoms with E-state index in [9.17, 15) is 0 Å². The molecule has 3 rings (SSSR count). The van der Waals surface area contributed by atoms with Crippen molar-refractivity contribution < 1.29 is 4.74 Å². The lowest BCUT2D eigenvalue weighted by atomic mass is 10.4. The molecule has 1 saturated heterocycles. The lowest BCUT2D eigenvalue weighted by Crippen LogP contribution is -2.38. The van der Waals surface area contributed by atoms with E-state index in [1.54, 1.807) is 12.1 Å². The van der Waals surface area contributed by atoms with Crippen LogP contribution in [0.25, 0.3) is 0 Å². The van der Waals surface area contributed by atoms with E-state index >= 15 is 0 Å². The van der Waals surface area contributed by atoms with Crippen molar-refractivity contribution in [1.82, 2.24) is 19.7 Å². The minimum absolute atomic E-state index is 0.215. The van der Waals surface area contributed by atoms with Crippen molar-refractivity contribution in [2.75, 3.05) is 31.2 Å². The number of hydrogen-bond acceptors (Lipinski definition) is 7. The molecule has 0 bridgehead atoms. The normalized spacial score (nSPS) is 14.7. The highest BCUT2D eigenvalue weighted by molar-refractivity contribution is 7.99. The van der Waals surface area contributed by atoms with Gasteiger partial charge in [0, 0.05) is 19.6 Å². The first-order valence-electron chi connectivity index (χ1n) is 7.23. The van der Waals surface area contributed by atoms with Crippen LogP contribution in [-0.2, 0) is 11.3 Å². The molecular weight excluding hydrogens is 336 g/mol. The van der Waals surface area contributed by atoms with Crippen LogP contribution >= 0.6 is 23.4 Å². The topological polar surface area (TPSA) is 79.9 Å². The zero-order valence-corrected chi connectivity index (χ0v) is 14.1. The molecule has 1 aliphatic rings. The largest absolute Gasteiger partial charge is 0.378 e. The highest BCUT2D eigenvalue weighted by Crippen LogP contribution is 2.29. The molecule has 2 aromatic heterocycles. The highest BCUT2D eigenvalue weighted by Gasteiger charge is 2.20. The zero-order chi connectivity index (χ0) is 16.2. The summed E-state index contributed by atoms with van der Waals surface area (Å²) < 4.78 is 7.42. The molecule has 0 amide bonds. The SMILES string of the molecule is CCn1c(Sc2ccc(Cl)c(C#N)n2)nnc1N1CCOCC1. The fraction of sp³-hybridized carbons (Fsp3) is 0.429. The van der Waals surface area contributed by atoms with Gasteiger partial charge in [-0.25, -0.2) is 4.98 Å². The van der Waals surface area contributed by atoms with Crippen molar-refractivity contribution in [2.24, 2.45) is 0 Å². The summed E-state index contributed by atoms with van der Waals surface area (Å²) in [5, 5.41) is 19.4. The maximum Gasteiger partial charge on any atom is 0.228 e. The van der Waals surface area contributed by atoms with Gasteiger partial charge < -0.3 is 9.64 Å². The summed E-state index contributed by atoms with van der Waals surface area (Å²) >= 11 is 7.29. The predicted octanol–water partition coefficient (Wildman–Crippen LogP) is 2.21. The highest BCUT2D eigenvalue weighted by atomic mass is 35.5. The van der Waals surface area contributed by atoms with Crippen LogP contribution in [0.1, 0.15) is 12.6 Å². The Hall–Kier alpha value is -1.82. The lowest BCUT2D eigenvalue weighted by Gasteiger charge is -2.27. The van der Waals surface area contributed by atoms with Gasteiger partial charge in [0.05, 0.1) is 18.2 Å². The molecule has 0 saturated carbocycles. The van der Waals surface area contributed by atoms with E-state index in [0.717, 1.165) is 30.7 Å². The van der Waals surface area contributed by atoms with Crippen LogP contribution in [0.3, 0.4) is 0 Å².